The zero-order valence-electron chi connectivity index (χ0n) is 10.2. The van der Waals surface area contributed by atoms with Crippen LogP contribution in [0, 0.1) is 0 Å². The maximum Gasteiger partial charge on any atom is 0.305 e. The van der Waals surface area contributed by atoms with Gasteiger partial charge in [0.1, 0.15) is 0 Å². The summed E-state index contributed by atoms with van der Waals surface area (Å²) < 4.78 is 0. The Labute approximate surface area is 101 Å². The van der Waals surface area contributed by atoms with Crippen LogP contribution in [0.1, 0.15) is 37.4 Å². The molecule has 0 bridgehead atoms. The van der Waals surface area contributed by atoms with Crippen molar-refractivity contribution in [1.82, 2.24) is 0 Å². The third kappa shape index (κ3) is 4.97. The first-order chi connectivity index (χ1) is 7.78. The summed E-state index contributed by atoms with van der Waals surface area (Å²) in [5, 5.41) is 18.4. The maximum absolute atomic E-state index is 10.6. The van der Waals surface area contributed by atoms with Crippen LogP contribution in [0.2, 0.25) is 0 Å². The van der Waals surface area contributed by atoms with E-state index in [1.807, 2.05) is 24.3 Å². The fraction of sp³-hybridized carbons (Fsp3) is 0.462. The number of carboxylic acids is 1. The molecule has 0 radical (unpaired) electrons. The zero-order chi connectivity index (χ0) is 13.1. The molecular formula is C13H19NO3. The molecule has 0 saturated carbocycles. The SMILES string of the molecule is CC(C)(O)Cc1cccc(C(N)CC(=O)O)c1. The molecule has 4 N–H and O–H groups in total. The van der Waals surface area contributed by atoms with Crippen molar-refractivity contribution in [2.45, 2.75) is 38.3 Å². The van der Waals surface area contributed by atoms with Crippen molar-refractivity contribution in [2.24, 2.45) is 5.73 Å². The van der Waals surface area contributed by atoms with Crippen LogP contribution in [0.3, 0.4) is 0 Å². The molecule has 0 amide bonds. The molecule has 1 unspecified atom stereocenters. The average Bonchev–Trinajstić information content (AvgIpc) is 2.14. The lowest BCUT2D eigenvalue weighted by molar-refractivity contribution is -0.137. The normalized spacial score (nSPS) is 13.4. The van der Waals surface area contributed by atoms with Gasteiger partial charge in [0.25, 0.3) is 0 Å². The molecule has 4 nitrogen and oxygen atoms in total. The molecule has 1 atom stereocenters. The summed E-state index contributed by atoms with van der Waals surface area (Å²) in [6.45, 7) is 3.47. The molecule has 0 aliphatic heterocycles. The minimum absolute atomic E-state index is 0.0913. The maximum atomic E-state index is 10.6. The summed E-state index contributed by atoms with van der Waals surface area (Å²) in [5.74, 6) is -0.912. The number of rotatable bonds is 5. The van der Waals surface area contributed by atoms with E-state index in [9.17, 15) is 9.90 Å². The van der Waals surface area contributed by atoms with E-state index in [4.69, 9.17) is 10.8 Å². The number of hydrogen-bond acceptors (Lipinski definition) is 3. The number of hydrogen-bond donors (Lipinski definition) is 3. The predicted molar refractivity (Wildman–Crippen MR) is 65.6 cm³/mol. The Balaban J connectivity index is 2.82. The Morgan fingerprint density at radius 1 is 1.47 bits per heavy atom. The summed E-state index contributed by atoms with van der Waals surface area (Å²) in [6.07, 6.45) is 0.423. The van der Waals surface area contributed by atoms with Gasteiger partial charge in [0.05, 0.1) is 12.0 Å². The third-order valence-electron chi connectivity index (χ3n) is 2.41. The van der Waals surface area contributed by atoms with Gasteiger partial charge in [0.15, 0.2) is 0 Å². The number of aliphatic carboxylic acids is 1. The first-order valence-corrected chi connectivity index (χ1v) is 5.56. The summed E-state index contributed by atoms with van der Waals surface area (Å²) in [4.78, 5) is 10.6. The lowest BCUT2D eigenvalue weighted by atomic mass is 9.95. The largest absolute Gasteiger partial charge is 0.481 e. The van der Waals surface area contributed by atoms with Crippen LogP contribution in [0.4, 0.5) is 0 Å². The Morgan fingerprint density at radius 2 is 2.12 bits per heavy atom. The van der Waals surface area contributed by atoms with Gasteiger partial charge in [-0.05, 0) is 25.0 Å². The molecule has 1 rings (SSSR count). The second kappa shape index (κ2) is 5.29. The molecule has 94 valence electrons. The Bertz CT molecular complexity index is 396. The van der Waals surface area contributed by atoms with E-state index >= 15 is 0 Å². The van der Waals surface area contributed by atoms with Gasteiger partial charge in [-0.3, -0.25) is 4.79 Å². The van der Waals surface area contributed by atoms with Gasteiger partial charge in [0, 0.05) is 12.5 Å². The molecule has 0 aromatic heterocycles. The van der Waals surface area contributed by atoms with Crippen molar-refractivity contribution in [1.29, 1.82) is 0 Å². The molecule has 4 heteroatoms. The highest BCUT2D eigenvalue weighted by Crippen LogP contribution is 2.18. The molecule has 0 heterocycles. The van der Waals surface area contributed by atoms with Crippen molar-refractivity contribution in [3.05, 3.63) is 35.4 Å². The van der Waals surface area contributed by atoms with Crippen molar-refractivity contribution in [2.75, 3.05) is 0 Å². The summed E-state index contributed by atoms with van der Waals surface area (Å²) in [5.41, 5.74) is 6.74. The fourth-order valence-electron chi connectivity index (χ4n) is 1.74. The van der Waals surface area contributed by atoms with Crippen LogP contribution in [0.15, 0.2) is 24.3 Å². The summed E-state index contributed by atoms with van der Waals surface area (Å²) in [6, 6.07) is 6.88. The number of benzene rings is 1. The van der Waals surface area contributed by atoms with Gasteiger partial charge in [-0.25, -0.2) is 0 Å². The molecule has 0 fully saturated rings. The van der Waals surface area contributed by atoms with Crippen molar-refractivity contribution in [3.8, 4) is 0 Å². The van der Waals surface area contributed by atoms with E-state index in [0.29, 0.717) is 6.42 Å². The molecule has 0 aliphatic carbocycles. The van der Waals surface area contributed by atoms with Crippen LogP contribution < -0.4 is 5.73 Å². The van der Waals surface area contributed by atoms with Crippen molar-refractivity contribution in [3.63, 3.8) is 0 Å². The molecule has 0 aliphatic rings. The van der Waals surface area contributed by atoms with E-state index in [1.165, 1.54) is 0 Å². The van der Waals surface area contributed by atoms with Crippen LogP contribution >= 0.6 is 0 Å². The quantitative estimate of drug-likeness (QED) is 0.724. The van der Waals surface area contributed by atoms with Crippen LogP contribution in [0.25, 0.3) is 0 Å². The Kier molecular flexibility index (Phi) is 4.26. The highest BCUT2D eigenvalue weighted by Gasteiger charge is 2.15. The van der Waals surface area contributed by atoms with Crippen molar-refractivity contribution < 1.29 is 15.0 Å². The molecule has 1 aromatic rings. The Morgan fingerprint density at radius 3 is 2.65 bits per heavy atom. The first-order valence-electron chi connectivity index (χ1n) is 5.56. The van der Waals surface area contributed by atoms with E-state index in [-0.39, 0.29) is 6.42 Å². The average molecular weight is 237 g/mol. The highest BCUT2D eigenvalue weighted by molar-refractivity contribution is 5.67. The highest BCUT2D eigenvalue weighted by atomic mass is 16.4. The van der Waals surface area contributed by atoms with Gasteiger partial charge < -0.3 is 15.9 Å². The van der Waals surface area contributed by atoms with E-state index < -0.39 is 17.6 Å². The van der Waals surface area contributed by atoms with E-state index in [0.717, 1.165) is 11.1 Å². The monoisotopic (exact) mass is 237 g/mol. The minimum atomic E-state index is -0.912. The van der Waals surface area contributed by atoms with Gasteiger partial charge in [-0.15, -0.1) is 0 Å². The van der Waals surface area contributed by atoms with E-state index in [1.54, 1.807) is 13.8 Å². The van der Waals surface area contributed by atoms with Crippen LogP contribution in [0.5, 0.6) is 0 Å². The van der Waals surface area contributed by atoms with E-state index in [2.05, 4.69) is 0 Å². The molecule has 17 heavy (non-hydrogen) atoms. The standard InChI is InChI=1S/C13H19NO3/c1-13(2,17)8-9-4-3-5-10(6-9)11(14)7-12(15)16/h3-6,11,17H,7-8,14H2,1-2H3,(H,15,16). The minimum Gasteiger partial charge on any atom is -0.481 e. The number of carbonyl (C=O) groups is 1. The number of carboxylic acid groups (broad SMARTS) is 1. The van der Waals surface area contributed by atoms with Gasteiger partial charge in [-0.2, -0.15) is 0 Å². The zero-order valence-corrected chi connectivity index (χ0v) is 10.2. The predicted octanol–water partition coefficient (Wildman–Crippen LogP) is 1.47. The van der Waals surface area contributed by atoms with Crippen LogP contribution in [-0.4, -0.2) is 21.8 Å². The topological polar surface area (TPSA) is 83.5 Å². The fourth-order valence-corrected chi connectivity index (χ4v) is 1.74. The summed E-state index contributed by atoms with van der Waals surface area (Å²) >= 11 is 0. The van der Waals surface area contributed by atoms with Crippen molar-refractivity contribution >= 4 is 5.97 Å². The van der Waals surface area contributed by atoms with Crippen LogP contribution in [-0.2, 0) is 11.2 Å². The second-order valence-corrected chi connectivity index (χ2v) is 4.94. The number of aliphatic hydroxyl groups is 1. The van der Waals surface area contributed by atoms with Gasteiger partial charge in [-0.1, -0.05) is 24.3 Å². The van der Waals surface area contributed by atoms with Gasteiger partial charge in [0.2, 0.25) is 0 Å². The lowest BCUT2D eigenvalue weighted by Gasteiger charge is -2.18. The second-order valence-electron chi connectivity index (χ2n) is 4.94. The third-order valence-corrected chi connectivity index (χ3v) is 2.41. The molecular weight excluding hydrogens is 218 g/mol. The smallest absolute Gasteiger partial charge is 0.305 e. The molecule has 0 spiro atoms. The summed E-state index contributed by atoms with van der Waals surface area (Å²) in [7, 11) is 0. The molecule has 0 saturated heterocycles. The first kappa shape index (κ1) is 13.7. The number of nitrogens with two attached hydrogens (primary N) is 1. The Hall–Kier alpha value is -1.39. The van der Waals surface area contributed by atoms with Gasteiger partial charge >= 0.3 is 5.97 Å². The lowest BCUT2D eigenvalue weighted by Crippen LogP contribution is -2.22. The molecule has 1 aromatic carbocycles.